The molecule has 0 unspecified atom stereocenters. The van der Waals surface area contributed by atoms with E-state index in [9.17, 15) is 4.79 Å². The number of thiocarbonyl (C=S) groups is 1. The highest BCUT2D eigenvalue weighted by molar-refractivity contribution is 8.26. The van der Waals surface area contributed by atoms with Gasteiger partial charge < -0.3 is 4.74 Å². The topological polar surface area (TPSA) is 29.5 Å². The van der Waals surface area contributed by atoms with E-state index in [-0.39, 0.29) is 12.5 Å². The van der Waals surface area contributed by atoms with Crippen LogP contribution >= 0.6 is 24.0 Å². The summed E-state index contributed by atoms with van der Waals surface area (Å²) in [4.78, 5) is 14.3. The Morgan fingerprint density at radius 2 is 2.14 bits per heavy atom. The molecule has 0 aromatic heterocycles. The minimum Gasteiger partial charge on any atom is -0.481 e. The zero-order valence-electron chi connectivity index (χ0n) is 11.2. The average Bonchev–Trinajstić information content (AvgIpc) is 2.75. The number of terminal acetylenes is 1. The van der Waals surface area contributed by atoms with Gasteiger partial charge >= 0.3 is 0 Å². The van der Waals surface area contributed by atoms with Crippen LogP contribution in [-0.4, -0.2) is 28.3 Å². The zero-order chi connectivity index (χ0) is 15.2. The smallest absolute Gasteiger partial charge is 0.266 e. The molecule has 0 radical (unpaired) electrons. The Morgan fingerprint density at radius 1 is 1.43 bits per heavy atom. The van der Waals surface area contributed by atoms with Crippen LogP contribution in [-0.2, 0) is 4.79 Å². The standard InChI is InChI=1S/C16H13NO2S2/c1-3-9-17-15(18)14(21-16(17)20)11-12-5-7-13(8-6-12)19-10-4-2/h2-3,5-8,11H,1,9-10H2/b14-11-. The Hall–Kier alpha value is -2.03. The average molecular weight is 315 g/mol. The number of nitrogens with zero attached hydrogens (tertiary/aromatic N) is 1. The molecular weight excluding hydrogens is 302 g/mol. The van der Waals surface area contributed by atoms with Crippen molar-refractivity contribution in [3.8, 4) is 18.1 Å². The van der Waals surface area contributed by atoms with Gasteiger partial charge in [-0.3, -0.25) is 9.69 Å². The van der Waals surface area contributed by atoms with Crippen LogP contribution in [0.15, 0.2) is 41.8 Å². The lowest BCUT2D eigenvalue weighted by Crippen LogP contribution is -2.27. The molecule has 1 aliphatic rings. The molecule has 0 spiro atoms. The van der Waals surface area contributed by atoms with Gasteiger partial charge in [0.1, 0.15) is 16.7 Å². The van der Waals surface area contributed by atoms with Gasteiger partial charge in [-0.25, -0.2) is 0 Å². The van der Waals surface area contributed by atoms with Crippen LogP contribution in [0.5, 0.6) is 5.75 Å². The van der Waals surface area contributed by atoms with Crippen LogP contribution in [0, 0.1) is 12.3 Å². The molecule has 1 aliphatic heterocycles. The van der Waals surface area contributed by atoms with E-state index in [1.54, 1.807) is 6.08 Å². The predicted octanol–water partition coefficient (Wildman–Crippen LogP) is 3.09. The first-order valence-corrected chi connectivity index (χ1v) is 7.40. The Labute approximate surface area is 133 Å². The molecular formula is C16H13NO2S2. The number of hydrogen-bond donors (Lipinski definition) is 0. The molecule has 0 atom stereocenters. The molecule has 1 aromatic rings. The fourth-order valence-corrected chi connectivity index (χ4v) is 3.00. The molecule has 1 aromatic carbocycles. The van der Waals surface area contributed by atoms with Crippen molar-refractivity contribution in [2.75, 3.05) is 13.2 Å². The molecule has 0 saturated carbocycles. The van der Waals surface area contributed by atoms with Crippen LogP contribution < -0.4 is 4.74 Å². The van der Waals surface area contributed by atoms with Gasteiger partial charge in [0, 0.05) is 6.54 Å². The lowest BCUT2D eigenvalue weighted by atomic mass is 10.2. The monoisotopic (exact) mass is 315 g/mol. The first-order valence-electron chi connectivity index (χ1n) is 6.18. The lowest BCUT2D eigenvalue weighted by molar-refractivity contribution is -0.121. The summed E-state index contributed by atoms with van der Waals surface area (Å²) in [6.07, 6.45) is 8.60. The van der Waals surface area contributed by atoms with Gasteiger partial charge in [-0.2, -0.15) is 0 Å². The van der Waals surface area contributed by atoms with Gasteiger partial charge in [0.2, 0.25) is 0 Å². The van der Waals surface area contributed by atoms with E-state index in [1.165, 1.54) is 16.7 Å². The van der Waals surface area contributed by atoms with Crippen molar-refractivity contribution in [3.63, 3.8) is 0 Å². The molecule has 0 aliphatic carbocycles. The van der Waals surface area contributed by atoms with E-state index >= 15 is 0 Å². The van der Waals surface area contributed by atoms with Crippen molar-refractivity contribution in [3.05, 3.63) is 47.4 Å². The molecule has 2 rings (SSSR count). The summed E-state index contributed by atoms with van der Waals surface area (Å²) in [6, 6.07) is 7.36. The van der Waals surface area contributed by atoms with Crippen molar-refractivity contribution in [1.82, 2.24) is 4.90 Å². The second-order valence-corrected chi connectivity index (χ2v) is 5.82. The number of carbonyl (C=O) groups is 1. The number of thioether (sulfide) groups is 1. The van der Waals surface area contributed by atoms with Crippen molar-refractivity contribution in [1.29, 1.82) is 0 Å². The third-order valence-electron chi connectivity index (χ3n) is 2.69. The van der Waals surface area contributed by atoms with Gasteiger partial charge in [0.05, 0.1) is 4.91 Å². The Bertz CT molecular complexity index is 641. The number of amides is 1. The Morgan fingerprint density at radius 3 is 2.76 bits per heavy atom. The van der Waals surface area contributed by atoms with E-state index < -0.39 is 0 Å². The molecule has 21 heavy (non-hydrogen) atoms. The number of rotatable bonds is 5. The third kappa shape index (κ3) is 3.75. The van der Waals surface area contributed by atoms with Crippen molar-refractivity contribution >= 4 is 40.3 Å². The highest BCUT2D eigenvalue weighted by Gasteiger charge is 2.30. The van der Waals surface area contributed by atoms with Crippen LogP contribution in [0.4, 0.5) is 0 Å². The van der Waals surface area contributed by atoms with Crippen molar-refractivity contribution < 1.29 is 9.53 Å². The second kappa shape index (κ2) is 7.11. The van der Waals surface area contributed by atoms with Crippen LogP contribution in [0.3, 0.4) is 0 Å². The maximum atomic E-state index is 12.2. The van der Waals surface area contributed by atoms with Crippen molar-refractivity contribution in [2.24, 2.45) is 0 Å². The molecule has 0 bridgehead atoms. The van der Waals surface area contributed by atoms with Crippen LogP contribution in [0.2, 0.25) is 0 Å². The number of benzene rings is 1. The fourth-order valence-electron chi connectivity index (χ4n) is 1.72. The Balaban J connectivity index is 2.13. The van der Waals surface area contributed by atoms with Gasteiger partial charge in [0.15, 0.2) is 0 Å². The molecule has 1 saturated heterocycles. The third-order valence-corrected chi connectivity index (χ3v) is 4.06. The van der Waals surface area contributed by atoms with Gasteiger partial charge in [-0.05, 0) is 23.8 Å². The summed E-state index contributed by atoms with van der Waals surface area (Å²) < 4.78 is 5.85. The molecule has 1 fully saturated rings. The SMILES string of the molecule is C#CCOc1ccc(/C=C2\SC(=S)N(CC=C)C2=O)cc1. The van der Waals surface area contributed by atoms with E-state index in [0.717, 1.165) is 5.56 Å². The first kappa shape index (κ1) is 15.4. The van der Waals surface area contributed by atoms with Gasteiger partial charge in [-0.15, -0.1) is 13.0 Å². The predicted molar refractivity (Wildman–Crippen MR) is 90.8 cm³/mol. The zero-order valence-corrected chi connectivity index (χ0v) is 12.9. The van der Waals surface area contributed by atoms with E-state index in [2.05, 4.69) is 12.5 Å². The normalized spacial score (nSPS) is 16.1. The van der Waals surface area contributed by atoms with Gasteiger partial charge in [0.25, 0.3) is 5.91 Å². The molecule has 5 heteroatoms. The highest BCUT2D eigenvalue weighted by Crippen LogP contribution is 2.32. The molecule has 0 N–H and O–H groups in total. The summed E-state index contributed by atoms with van der Waals surface area (Å²) in [5.41, 5.74) is 0.905. The summed E-state index contributed by atoms with van der Waals surface area (Å²) in [7, 11) is 0. The van der Waals surface area contributed by atoms with Gasteiger partial charge in [-0.1, -0.05) is 48.1 Å². The van der Waals surface area contributed by atoms with Crippen LogP contribution in [0.1, 0.15) is 5.56 Å². The second-order valence-electron chi connectivity index (χ2n) is 4.14. The maximum Gasteiger partial charge on any atom is 0.266 e. The number of carbonyl (C=O) groups excluding carboxylic acids is 1. The minimum absolute atomic E-state index is 0.0856. The van der Waals surface area contributed by atoms with E-state index in [1.807, 2.05) is 30.3 Å². The molecule has 1 amide bonds. The van der Waals surface area contributed by atoms with E-state index in [4.69, 9.17) is 23.4 Å². The molecule has 106 valence electrons. The highest BCUT2D eigenvalue weighted by atomic mass is 32.2. The fraction of sp³-hybridized carbons (Fsp3) is 0.125. The number of ether oxygens (including phenoxy) is 1. The minimum atomic E-state index is -0.0856. The summed E-state index contributed by atoms with van der Waals surface area (Å²) in [5, 5.41) is 0. The number of hydrogen-bond acceptors (Lipinski definition) is 4. The summed E-state index contributed by atoms with van der Waals surface area (Å²) in [6.45, 7) is 4.29. The molecule has 1 heterocycles. The lowest BCUT2D eigenvalue weighted by Gasteiger charge is -2.10. The maximum absolute atomic E-state index is 12.2. The quantitative estimate of drug-likeness (QED) is 0.361. The largest absolute Gasteiger partial charge is 0.481 e. The summed E-state index contributed by atoms with van der Waals surface area (Å²) >= 11 is 6.48. The van der Waals surface area contributed by atoms with E-state index in [0.29, 0.717) is 21.5 Å². The molecule has 3 nitrogen and oxygen atoms in total. The first-order chi connectivity index (χ1) is 10.2. The van der Waals surface area contributed by atoms with Crippen molar-refractivity contribution in [2.45, 2.75) is 0 Å². The van der Waals surface area contributed by atoms with Crippen LogP contribution in [0.25, 0.3) is 6.08 Å². The summed E-state index contributed by atoms with van der Waals surface area (Å²) in [5.74, 6) is 3.02. The Kier molecular flexibility index (Phi) is 5.20.